The summed E-state index contributed by atoms with van der Waals surface area (Å²) in [6.07, 6.45) is 10.3. The number of rotatable bonds is 4. The molecular formula is C17H25N5. The molecule has 2 aromatic heterocycles. The molecule has 0 saturated carbocycles. The SMILES string of the molecule is CCn1nccc1CN1CC[C@@H](n2cnc3c2CCCC3)C1. The van der Waals surface area contributed by atoms with Gasteiger partial charge in [0.15, 0.2) is 0 Å². The van der Waals surface area contributed by atoms with Crippen molar-refractivity contribution in [3.8, 4) is 0 Å². The molecule has 2 aromatic rings. The van der Waals surface area contributed by atoms with Gasteiger partial charge in [-0.2, -0.15) is 5.10 Å². The average molecular weight is 299 g/mol. The first kappa shape index (κ1) is 14.0. The predicted octanol–water partition coefficient (Wildman–Crippen LogP) is 2.43. The Balaban J connectivity index is 1.45. The summed E-state index contributed by atoms with van der Waals surface area (Å²) in [5.74, 6) is 0. The van der Waals surface area contributed by atoms with Gasteiger partial charge in [0.1, 0.15) is 0 Å². The lowest BCUT2D eigenvalue weighted by Crippen LogP contribution is -2.23. The van der Waals surface area contributed by atoms with E-state index in [2.05, 4.69) is 43.5 Å². The summed E-state index contributed by atoms with van der Waals surface area (Å²) < 4.78 is 4.58. The van der Waals surface area contributed by atoms with Crippen molar-refractivity contribution in [1.29, 1.82) is 0 Å². The number of fused-ring (bicyclic) bond motifs is 1. The molecule has 1 saturated heterocycles. The van der Waals surface area contributed by atoms with Crippen LogP contribution in [0.2, 0.25) is 0 Å². The number of imidazole rings is 1. The molecule has 1 aliphatic heterocycles. The second-order valence-corrected chi connectivity index (χ2v) is 6.57. The number of hydrogen-bond donors (Lipinski definition) is 0. The van der Waals surface area contributed by atoms with Crippen LogP contribution in [0.15, 0.2) is 18.6 Å². The zero-order chi connectivity index (χ0) is 14.9. The highest BCUT2D eigenvalue weighted by Gasteiger charge is 2.27. The van der Waals surface area contributed by atoms with E-state index in [0.29, 0.717) is 6.04 Å². The maximum absolute atomic E-state index is 4.66. The molecule has 118 valence electrons. The molecule has 5 nitrogen and oxygen atoms in total. The molecule has 1 fully saturated rings. The molecule has 4 rings (SSSR count). The smallest absolute Gasteiger partial charge is 0.0954 e. The van der Waals surface area contributed by atoms with Gasteiger partial charge in [0.25, 0.3) is 0 Å². The fraction of sp³-hybridized carbons (Fsp3) is 0.647. The monoisotopic (exact) mass is 299 g/mol. The third-order valence-corrected chi connectivity index (χ3v) is 5.19. The van der Waals surface area contributed by atoms with Crippen LogP contribution in [0, 0.1) is 0 Å². The Bertz CT molecular complexity index is 641. The lowest BCUT2D eigenvalue weighted by atomic mass is 10.0. The predicted molar refractivity (Wildman–Crippen MR) is 85.7 cm³/mol. The van der Waals surface area contributed by atoms with Gasteiger partial charge in [-0.15, -0.1) is 0 Å². The molecule has 0 N–H and O–H groups in total. The molecule has 22 heavy (non-hydrogen) atoms. The van der Waals surface area contributed by atoms with E-state index in [4.69, 9.17) is 0 Å². The lowest BCUT2D eigenvalue weighted by molar-refractivity contribution is 0.304. The minimum Gasteiger partial charge on any atom is -0.330 e. The fourth-order valence-electron chi connectivity index (χ4n) is 4.00. The molecule has 2 aliphatic rings. The molecule has 1 aliphatic carbocycles. The van der Waals surface area contributed by atoms with Crippen LogP contribution in [-0.4, -0.2) is 37.3 Å². The van der Waals surface area contributed by atoms with E-state index in [-0.39, 0.29) is 0 Å². The van der Waals surface area contributed by atoms with Gasteiger partial charge in [-0.25, -0.2) is 4.98 Å². The highest BCUT2D eigenvalue weighted by atomic mass is 15.3. The second-order valence-electron chi connectivity index (χ2n) is 6.57. The summed E-state index contributed by atoms with van der Waals surface area (Å²) in [5.41, 5.74) is 4.20. The summed E-state index contributed by atoms with van der Waals surface area (Å²) in [4.78, 5) is 7.22. The van der Waals surface area contributed by atoms with Gasteiger partial charge in [0, 0.05) is 44.1 Å². The Morgan fingerprint density at radius 2 is 2.18 bits per heavy atom. The minimum absolute atomic E-state index is 0.604. The maximum Gasteiger partial charge on any atom is 0.0954 e. The normalized spacial score (nSPS) is 22.1. The first-order valence-corrected chi connectivity index (χ1v) is 8.62. The molecular weight excluding hydrogens is 274 g/mol. The van der Waals surface area contributed by atoms with Crippen molar-refractivity contribution in [2.75, 3.05) is 13.1 Å². The van der Waals surface area contributed by atoms with Gasteiger partial charge < -0.3 is 4.57 Å². The Kier molecular flexibility index (Phi) is 3.74. The molecule has 0 radical (unpaired) electrons. The highest BCUT2D eigenvalue weighted by Crippen LogP contribution is 2.28. The summed E-state index contributed by atoms with van der Waals surface area (Å²) in [6, 6.07) is 2.75. The molecule has 1 atom stereocenters. The fourth-order valence-corrected chi connectivity index (χ4v) is 4.00. The largest absolute Gasteiger partial charge is 0.330 e. The maximum atomic E-state index is 4.66. The Labute approximate surface area is 131 Å². The van der Waals surface area contributed by atoms with Gasteiger partial charge >= 0.3 is 0 Å². The highest BCUT2D eigenvalue weighted by molar-refractivity contribution is 5.17. The van der Waals surface area contributed by atoms with Crippen LogP contribution >= 0.6 is 0 Å². The summed E-state index contributed by atoms with van der Waals surface area (Å²) >= 11 is 0. The summed E-state index contributed by atoms with van der Waals surface area (Å²) in [6.45, 7) is 6.43. The van der Waals surface area contributed by atoms with Crippen LogP contribution in [0.3, 0.4) is 0 Å². The molecule has 0 bridgehead atoms. The minimum atomic E-state index is 0.604. The topological polar surface area (TPSA) is 38.9 Å². The van der Waals surface area contributed by atoms with E-state index in [1.807, 2.05) is 6.20 Å². The van der Waals surface area contributed by atoms with Crippen LogP contribution in [0.4, 0.5) is 0 Å². The zero-order valence-electron chi connectivity index (χ0n) is 13.4. The van der Waals surface area contributed by atoms with E-state index in [1.54, 1.807) is 0 Å². The molecule has 0 unspecified atom stereocenters. The van der Waals surface area contributed by atoms with Gasteiger partial charge in [-0.3, -0.25) is 9.58 Å². The van der Waals surface area contributed by atoms with E-state index >= 15 is 0 Å². The van der Waals surface area contributed by atoms with E-state index in [0.717, 1.165) is 19.6 Å². The van der Waals surface area contributed by atoms with Crippen molar-refractivity contribution >= 4 is 0 Å². The van der Waals surface area contributed by atoms with E-state index in [1.165, 1.54) is 55.7 Å². The molecule has 5 heteroatoms. The average Bonchev–Trinajstić information content (AvgIpc) is 3.26. The Morgan fingerprint density at radius 1 is 1.27 bits per heavy atom. The van der Waals surface area contributed by atoms with Crippen LogP contribution < -0.4 is 0 Å². The number of aromatic nitrogens is 4. The molecule has 0 amide bonds. The third kappa shape index (κ3) is 2.47. The number of likely N-dealkylation sites (tertiary alicyclic amines) is 1. The van der Waals surface area contributed by atoms with E-state index in [9.17, 15) is 0 Å². The first-order valence-electron chi connectivity index (χ1n) is 8.62. The van der Waals surface area contributed by atoms with Crippen molar-refractivity contribution in [1.82, 2.24) is 24.2 Å². The number of nitrogens with zero attached hydrogens (tertiary/aromatic N) is 5. The Morgan fingerprint density at radius 3 is 3.09 bits per heavy atom. The third-order valence-electron chi connectivity index (χ3n) is 5.19. The van der Waals surface area contributed by atoms with Gasteiger partial charge in [-0.05, 0) is 45.1 Å². The van der Waals surface area contributed by atoms with Crippen LogP contribution in [0.25, 0.3) is 0 Å². The van der Waals surface area contributed by atoms with Gasteiger partial charge in [0.2, 0.25) is 0 Å². The lowest BCUT2D eigenvalue weighted by Gasteiger charge is -2.20. The van der Waals surface area contributed by atoms with Crippen molar-refractivity contribution in [2.24, 2.45) is 0 Å². The Hall–Kier alpha value is -1.62. The van der Waals surface area contributed by atoms with Crippen molar-refractivity contribution in [3.63, 3.8) is 0 Å². The quantitative estimate of drug-likeness (QED) is 0.870. The molecule has 3 heterocycles. The second kappa shape index (κ2) is 5.88. The van der Waals surface area contributed by atoms with Crippen LogP contribution in [0.1, 0.15) is 49.3 Å². The number of aryl methyl sites for hydroxylation is 2. The first-order chi connectivity index (χ1) is 10.8. The molecule has 0 spiro atoms. The standard InChI is InChI=1S/C17H25N5/c1-2-22-15(7-9-19-22)12-20-10-8-14(11-20)21-13-18-16-5-3-4-6-17(16)21/h7,9,13-14H,2-6,8,10-12H2,1H3/t14-/m1/s1. The summed E-state index contributed by atoms with van der Waals surface area (Å²) in [5, 5.41) is 4.38. The van der Waals surface area contributed by atoms with Crippen molar-refractivity contribution in [2.45, 2.75) is 58.2 Å². The number of hydrogen-bond acceptors (Lipinski definition) is 3. The summed E-state index contributed by atoms with van der Waals surface area (Å²) in [7, 11) is 0. The zero-order valence-corrected chi connectivity index (χ0v) is 13.4. The van der Waals surface area contributed by atoms with Crippen LogP contribution in [0.5, 0.6) is 0 Å². The van der Waals surface area contributed by atoms with Crippen molar-refractivity contribution in [3.05, 3.63) is 35.7 Å². The van der Waals surface area contributed by atoms with Crippen molar-refractivity contribution < 1.29 is 0 Å². The van der Waals surface area contributed by atoms with Gasteiger partial charge in [-0.1, -0.05) is 0 Å². The van der Waals surface area contributed by atoms with Crippen LogP contribution in [-0.2, 0) is 25.9 Å². The van der Waals surface area contributed by atoms with Gasteiger partial charge in [0.05, 0.1) is 17.7 Å². The molecule has 0 aromatic carbocycles. The van der Waals surface area contributed by atoms with E-state index < -0.39 is 0 Å².